The lowest BCUT2D eigenvalue weighted by molar-refractivity contribution is 0.407. The molecule has 0 aliphatic carbocycles. The first-order valence-corrected chi connectivity index (χ1v) is 6.32. The summed E-state index contributed by atoms with van der Waals surface area (Å²) in [7, 11) is 0. The largest absolute Gasteiger partial charge is 0.308 e. The highest BCUT2D eigenvalue weighted by Gasteiger charge is 2.10. The molecule has 80 valence electrons. The highest BCUT2D eigenvalue weighted by Crippen LogP contribution is 2.17. The van der Waals surface area contributed by atoms with Gasteiger partial charge in [-0.3, -0.25) is 0 Å². The van der Waals surface area contributed by atoms with Crippen LogP contribution in [0.5, 0.6) is 0 Å². The second kappa shape index (κ2) is 5.52. The van der Waals surface area contributed by atoms with E-state index in [1.54, 1.807) is 11.3 Å². The Kier molecular flexibility index (Phi) is 4.63. The molecule has 1 nitrogen and oxygen atoms in total. The summed E-state index contributed by atoms with van der Waals surface area (Å²) in [5, 5.41) is 7.98. The molecule has 2 atom stereocenters. The van der Waals surface area contributed by atoms with Crippen LogP contribution in [0.1, 0.15) is 45.7 Å². The highest BCUT2D eigenvalue weighted by molar-refractivity contribution is 7.07. The molecule has 1 N–H and O–H groups in total. The van der Waals surface area contributed by atoms with Crippen LogP contribution in [0.15, 0.2) is 16.8 Å². The Morgan fingerprint density at radius 2 is 2.00 bits per heavy atom. The minimum atomic E-state index is 0.481. The van der Waals surface area contributed by atoms with Crippen LogP contribution >= 0.6 is 11.3 Å². The van der Waals surface area contributed by atoms with Crippen molar-refractivity contribution in [3.8, 4) is 0 Å². The maximum Gasteiger partial charge on any atom is 0.0302 e. The second-order valence-corrected chi connectivity index (χ2v) is 5.26. The Labute approximate surface area is 91.5 Å². The van der Waals surface area contributed by atoms with E-state index >= 15 is 0 Å². The maximum absolute atomic E-state index is 3.62. The molecule has 0 aliphatic rings. The van der Waals surface area contributed by atoms with Crippen LogP contribution in [0.2, 0.25) is 0 Å². The van der Waals surface area contributed by atoms with Gasteiger partial charge in [0.1, 0.15) is 0 Å². The SMILES string of the molecule is CC(C)CC(C)NC(C)c1ccsc1. The van der Waals surface area contributed by atoms with E-state index in [0.717, 1.165) is 5.92 Å². The lowest BCUT2D eigenvalue weighted by Crippen LogP contribution is -2.29. The van der Waals surface area contributed by atoms with Crippen LogP contribution in [0.25, 0.3) is 0 Å². The smallest absolute Gasteiger partial charge is 0.0302 e. The molecular formula is C12H21NS. The Morgan fingerprint density at radius 1 is 1.29 bits per heavy atom. The van der Waals surface area contributed by atoms with Crippen molar-refractivity contribution in [2.75, 3.05) is 0 Å². The first-order valence-electron chi connectivity index (χ1n) is 5.37. The molecule has 0 saturated heterocycles. The first kappa shape index (κ1) is 11.7. The zero-order chi connectivity index (χ0) is 10.6. The van der Waals surface area contributed by atoms with Crippen molar-refractivity contribution in [1.29, 1.82) is 0 Å². The van der Waals surface area contributed by atoms with E-state index in [9.17, 15) is 0 Å². The van der Waals surface area contributed by atoms with Gasteiger partial charge in [0.15, 0.2) is 0 Å². The van der Waals surface area contributed by atoms with Crippen LogP contribution in [0.3, 0.4) is 0 Å². The van der Waals surface area contributed by atoms with Gasteiger partial charge in [-0.25, -0.2) is 0 Å². The van der Waals surface area contributed by atoms with Gasteiger partial charge in [-0.05, 0) is 48.6 Å². The molecule has 0 bridgehead atoms. The van der Waals surface area contributed by atoms with Gasteiger partial charge in [-0.15, -0.1) is 0 Å². The molecule has 1 aromatic rings. The Bertz CT molecular complexity index is 241. The van der Waals surface area contributed by atoms with Crippen molar-refractivity contribution >= 4 is 11.3 Å². The van der Waals surface area contributed by atoms with Crippen molar-refractivity contribution in [3.63, 3.8) is 0 Å². The molecule has 0 spiro atoms. The molecule has 1 rings (SSSR count). The highest BCUT2D eigenvalue weighted by atomic mass is 32.1. The normalized spacial score (nSPS) is 15.8. The van der Waals surface area contributed by atoms with Gasteiger partial charge in [0, 0.05) is 12.1 Å². The average molecular weight is 211 g/mol. The molecule has 1 heterocycles. The molecule has 1 aromatic heterocycles. The maximum atomic E-state index is 3.62. The number of thiophene rings is 1. The molecule has 0 saturated carbocycles. The third kappa shape index (κ3) is 3.81. The van der Waals surface area contributed by atoms with Gasteiger partial charge in [0.25, 0.3) is 0 Å². The lowest BCUT2D eigenvalue weighted by atomic mass is 10.0. The average Bonchev–Trinajstić information content (AvgIpc) is 2.53. The zero-order valence-corrected chi connectivity index (χ0v) is 10.4. The zero-order valence-electron chi connectivity index (χ0n) is 9.58. The van der Waals surface area contributed by atoms with E-state index in [0.29, 0.717) is 12.1 Å². The summed E-state index contributed by atoms with van der Waals surface area (Å²) in [4.78, 5) is 0. The lowest BCUT2D eigenvalue weighted by Gasteiger charge is -2.20. The van der Waals surface area contributed by atoms with E-state index in [4.69, 9.17) is 0 Å². The van der Waals surface area contributed by atoms with Crippen LogP contribution in [-0.4, -0.2) is 6.04 Å². The third-order valence-corrected chi connectivity index (χ3v) is 3.10. The van der Waals surface area contributed by atoms with Gasteiger partial charge >= 0.3 is 0 Å². The Morgan fingerprint density at radius 3 is 2.50 bits per heavy atom. The summed E-state index contributed by atoms with van der Waals surface area (Å²) >= 11 is 1.77. The van der Waals surface area contributed by atoms with Gasteiger partial charge in [0.05, 0.1) is 0 Å². The third-order valence-electron chi connectivity index (χ3n) is 2.40. The van der Waals surface area contributed by atoms with E-state index in [2.05, 4.69) is 49.8 Å². The summed E-state index contributed by atoms with van der Waals surface area (Å²) in [6, 6.07) is 3.28. The van der Waals surface area contributed by atoms with Gasteiger partial charge in [0.2, 0.25) is 0 Å². The standard InChI is InChI=1S/C12H21NS/c1-9(2)7-10(3)13-11(4)12-5-6-14-8-12/h5-6,8-11,13H,7H2,1-4H3. The molecule has 14 heavy (non-hydrogen) atoms. The van der Waals surface area contributed by atoms with Gasteiger partial charge in [-0.1, -0.05) is 13.8 Å². The fraction of sp³-hybridized carbons (Fsp3) is 0.667. The number of nitrogens with one attached hydrogen (secondary N) is 1. The van der Waals surface area contributed by atoms with Gasteiger partial charge < -0.3 is 5.32 Å². The van der Waals surface area contributed by atoms with Crippen LogP contribution in [0.4, 0.5) is 0 Å². The topological polar surface area (TPSA) is 12.0 Å². The second-order valence-electron chi connectivity index (χ2n) is 4.48. The van der Waals surface area contributed by atoms with Gasteiger partial charge in [-0.2, -0.15) is 11.3 Å². The number of rotatable bonds is 5. The minimum absolute atomic E-state index is 0.481. The van der Waals surface area contributed by atoms with Crippen molar-refractivity contribution in [2.24, 2.45) is 5.92 Å². The Hall–Kier alpha value is -0.340. The van der Waals surface area contributed by atoms with Crippen molar-refractivity contribution in [1.82, 2.24) is 5.32 Å². The van der Waals surface area contributed by atoms with E-state index in [1.165, 1.54) is 12.0 Å². The summed E-state index contributed by atoms with van der Waals surface area (Å²) in [6.45, 7) is 9.04. The monoisotopic (exact) mass is 211 g/mol. The molecule has 0 aliphatic heterocycles. The minimum Gasteiger partial charge on any atom is -0.308 e. The summed E-state index contributed by atoms with van der Waals surface area (Å²) in [5.41, 5.74) is 1.41. The van der Waals surface area contributed by atoms with Crippen molar-refractivity contribution < 1.29 is 0 Å². The molecule has 0 fully saturated rings. The first-order chi connectivity index (χ1) is 6.59. The molecule has 0 aromatic carbocycles. The van der Waals surface area contributed by atoms with E-state index < -0.39 is 0 Å². The predicted molar refractivity (Wildman–Crippen MR) is 64.8 cm³/mol. The molecular weight excluding hydrogens is 190 g/mol. The number of hydrogen-bond acceptors (Lipinski definition) is 2. The molecule has 2 heteroatoms. The van der Waals surface area contributed by atoms with Crippen LogP contribution < -0.4 is 5.32 Å². The summed E-state index contributed by atoms with van der Waals surface area (Å²) in [6.07, 6.45) is 1.24. The molecule has 0 radical (unpaired) electrons. The summed E-state index contributed by atoms with van der Waals surface area (Å²) in [5.74, 6) is 0.771. The predicted octanol–water partition coefficient (Wildman–Crippen LogP) is 3.83. The number of hydrogen-bond donors (Lipinski definition) is 1. The molecule has 2 unspecified atom stereocenters. The van der Waals surface area contributed by atoms with E-state index in [1.807, 2.05) is 0 Å². The molecule has 0 amide bonds. The van der Waals surface area contributed by atoms with Crippen molar-refractivity contribution in [3.05, 3.63) is 22.4 Å². The van der Waals surface area contributed by atoms with Crippen LogP contribution in [0, 0.1) is 5.92 Å². The summed E-state index contributed by atoms with van der Waals surface area (Å²) < 4.78 is 0. The fourth-order valence-corrected chi connectivity index (χ4v) is 2.57. The fourth-order valence-electron chi connectivity index (χ4n) is 1.82. The quantitative estimate of drug-likeness (QED) is 0.780. The van der Waals surface area contributed by atoms with Crippen LogP contribution in [-0.2, 0) is 0 Å². The van der Waals surface area contributed by atoms with E-state index in [-0.39, 0.29) is 0 Å². The Balaban J connectivity index is 2.37. The van der Waals surface area contributed by atoms with Crippen molar-refractivity contribution in [2.45, 2.75) is 46.2 Å².